The van der Waals surface area contributed by atoms with Crippen LogP contribution in [0.5, 0.6) is 11.5 Å². The van der Waals surface area contributed by atoms with Crippen molar-refractivity contribution in [2.45, 2.75) is 17.9 Å². The van der Waals surface area contributed by atoms with E-state index in [0.29, 0.717) is 5.56 Å². The molecule has 3 aromatic carbocycles. The van der Waals surface area contributed by atoms with Gasteiger partial charge >= 0.3 is 0 Å². The van der Waals surface area contributed by atoms with Gasteiger partial charge in [0.25, 0.3) is 10.9 Å². The van der Waals surface area contributed by atoms with E-state index >= 15 is 0 Å². The lowest BCUT2D eigenvalue weighted by molar-refractivity contribution is 0.459. The average molecular weight is 403 g/mol. The first-order valence-electron chi connectivity index (χ1n) is 8.09. The number of nitrogens with one attached hydrogen (secondary N) is 2. The van der Waals surface area contributed by atoms with Gasteiger partial charge in [0, 0.05) is 11.7 Å². The van der Waals surface area contributed by atoms with Gasteiger partial charge in [-0.1, -0.05) is 12.1 Å². The molecule has 0 spiro atoms. The summed E-state index contributed by atoms with van der Waals surface area (Å²) in [6, 6.07) is 9.53. The van der Waals surface area contributed by atoms with Crippen molar-refractivity contribution in [3.05, 3.63) is 68.5 Å². The van der Waals surface area contributed by atoms with Gasteiger partial charge in [-0.15, -0.1) is 0 Å². The number of rotatable bonds is 6. The molecule has 0 aliphatic heterocycles. The molecule has 0 aromatic heterocycles. The van der Waals surface area contributed by atoms with E-state index in [4.69, 9.17) is 5.14 Å². The summed E-state index contributed by atoms with van der Waals surface area (Å²) in [6.45, 7) is 1.75. The van der Waals surface area contributed by atoms with Gasteiger partial charge in [0.15, 0.2) is 0 Å². The van der Waals surface area contributed by atoms with Gasteiger partial charge in [-0.25, -0.2) is 13.6 Å². The minimum Gasteiger partial charge on any atom is -0.508 e. The molecule has 0 bridgehead atoms. The number of nitrogens with two attached hydrogens (primary N) is 1. The smallest absolute Gasteiger partial charge is 0.253 e. The second-order valence-corrected chi connectivity index (χ2v) is 7.75. The van der Waals surface area contributed by atoms with Crippen LogP contribution < -0.4 is 26.6 Å². The lowest BCUT2D eigenvalue weighted by Crippen LogP contribution is -2.37. The van der Waals surface area contributed by atoms with E-state index in [9.17, 15) is 28.2 Å². The molecule has 3 rings (SSSR count). The van der Waals surface area contributed by atoms with Crippen LogP contribution in [0.3, 0.4) is 0 Å². The number of hydrogen-bond donors (Lipinski definition) is 5. The zero-order valence-corrected chi connectivity index (χ0v) is 15.4. The fourth-order valence-corrected chi connectivity index (χ4v) is 3.36. The molecule has 28 heavy (non-hydrogen) atoms. The summed E-state index contributed by atoms with van der Waals surface area (Å²) in [5.41, 5.74) is -0.646. The quantitative estimate of drug-likeness (QED) is 0.304. The minimum absolute atomic E-state index is 0.0334. The maximum absolute atomic E-state index is 12.0. The van der Waals surface area contributed by atoms with Crippen molar-refractivity contribution in [3.63, 3.8) is 0 Å². The molecule has 1 unspecified atom stereocenters. The van der Waals surface area contributed by atoms with Gasteiger partial charge in [-0.2, -0.15) is 0 Å². The third-order valence-electron chi connectivity index (χ3n) is 4.18. The summed E-state index contributed by atoms with van der Waals surface area (Å²) in [7, 11) is -4.17. The Labute approximate surface area is 159 Å². The number of sulfonamides is 1. The van der Waals surface area contributed by atoms with Crippen molar-refractivity contribution >= 4 is 27.1 Å². The SMILES string of the molecule is CC(Nc1c(Nc2ccc(O)c(S(N)(=O)=O)c2)c(=O)c1=O)c1cccc(O)c1. The van der Waals surface area contributed by atoms with E-state index in [1.54, 1.807) is 19.1 Å². The van der Waals surface area contributed by atoms with Crippen molar-refractivity contribution < 1.29 is 18.6 Å². The molecule has 0 aliphatic carbocycles. The van der Waals surface area contributed by atoms with Crippen LogP contribution in [-0.2, 0) is 10.0 Å². The summed E-state index contributed by atoms with van der Waals surface area (Å²) in [4.78, 5) is 23.4. The molecule has 0 saturated carbocycles. The maximum Gasteiger partial charge on any atom is 0.253 e. The number of hydrogen-bond acceptors (Lipinski definition) is 8. The Balaban J connectivity index is 1.89. The number of benzene rings is 2. The second kappa shape index (κ2) is 6.98. The summed E-state index contributed by atoms with van der Waals surface area (Å²) in [6.07, 6.45) is 0. The zero-order chi connectivity index (χ0) is 20.6. The van der Waals surface area contributed by atoms with Crippen molar-refractivity contribution in [1.82, 2.24) is 0 Å². The first-order chi connectivity index (χ1) is 13.1. The van der Waals surface area contributed by atoms with Crippen molar-refractivity contribution in [2.75, 3.05) is 10.6 Å². The number of anilines is 3. The van der Waals surface area contributed by atoms with E-state index in [2.05, 4.69) is 10.6 Å². The highest BCUT2D eigenvalue weighted by atomic mass is 32.2. The monoisotopic (exact) mass is 403 g/mol. The first kappa shape index (κ1) is 19.4. The van der Waals surface area contributed by atoms with Gasteiger partial charge in [0.1, 0.15) is 27.8 Å². The standard InChI is InChI=1S/C18H17N3O6S/c1-9(10-3-2-4-12(22)7-10)20-15-16(18(25)17(15)24)21-11-5-6-13(23)14(8-11)28(19,26)27/h2-9,20-23H,1H3,(H2,19,26,27). The maximum atomic E-state index is 12.0. The predicted molar refractivity (Wildman–Crippen MR) is 104 cm³/mol. The molecular weight excluding hydrogens is 386 g/mol. The lowest BCUT2D eigenvalue weighted by Gasteiger charge is -2.20. The van der Waals surface area contributed by atoms with Crippen molar-refractivity contribution in [3.8, 4) is 11.5 Å². The van der Waals surface area contributed by atoms with E-state index < -0.39 is 37.6 Å². The van der Waals surface area contributed by atoms with Crippen LogP contribution in [0.1, 0.15) is 18.5 Å². The fraction of sp³-hybridized carbons (Fsp3) is 0.111. The Morgan fingerprint density at radius 2 is 1.68 bits per heavy atom. The molecule has 3 aromatic rings. The topological polar surface area (TPSA) is 159 Å². The van der Waals surface area contributed by atoms with Gasteiger partial charge in [0.05, 0.1) is 0 Å². The Bertz CT molecular complexity index is 1230. The Morgan fingerprint density at radius 1 is 1.00 bits per heavy atom. The van der Waals surface area contributed by atoms with E-state index in [1.807, 2.05) is 0 Å². The molecule has 146 valence electrons. The molecule has 0 amide bonds. The highest BCUT2D eigenvalue weighted by Crippen LogP contribution is 2.29. The summed E-state index contributed by atoms with van der Waals surface area (Å²) in [5, 5.41) is 29.8. The van der Waals surface area contributed by atoms with Gasteiger partial charge in [-0.05, 0) is 42.8 Å². The minimum atomic E-state index is -4.17. The number of phenols is 2. The van der Waals surface area contributed by atoms with E-state index in [1.165, 1.54) is 18.2 Å². The molecule has 0 heterocycles. The van der Waals surface area contributed by atoms with Crippen LogP contribution in [0.4, 0.5) is 17.1 Å². The summed E-state index contributed by atoms with van der Waals surface area (Å²) < 4.78 is 23.0. The zero-order valence-electron chi connectivity index (χ0n) is 14.6. The van der Waals surface area contributed by atoms with Crippen LogP contribution in [0.2, 0.25) is 0 Å². The van der Waals surface area contributed by atoms with Crippen molar-refractivity contribution in [1.29, 1.82) is 0 Å². The lowest BCUT2D eigenvalue weighted by atomic mass is 10.1. The van der Waals surface area contributed by atoms with Gasteiger partial charge in [-0.3, -0.25) is 9.59 Å². The van der Waals surface area contributed by atoms with Crippen LogP contribution in [0, 0.1) is 0 Å². The molecule has 0 fully saturated rings. The van der Waals surface area contributed by atoms with Gasteiger partial charge in [0.2, 0.25) is 10.0 Å². The molecule has 6 N–H and O–H groups in total. The molecule has 0 saturated heterocycles. The van der Waals surface area contributed by atoms with Crippen LogP contribution in [0.25, 0.3) is 0 Å². The Hall–Kier alpha value is -3.37. The van der Waals surface area contributed by atoms with Crippen LogP contribution >= 0.6 is 0 Å². The second-order valence-electron chi connectivity index (χ2n) is 6.22. The largest absolute Gasteiger partial charge is 0.508 e. The highest BCUT2D eigenvalue weighted by Gasteiger charge is 2.24. The molecule has 10 heteroatoms. The number of primary sulfonamides is 1. The number of aromatic hydroxyl groups is 2. The normalized spacial score (nSPS) is 12.6. The summed E-state index contributed by atoms with van der Waals surface area (Å²) >= 11 is 0. The fourth-order valence-electron chi connectivity index (χ4n) is 2.71. The average Bonchev–Trinajstić information content (AvgIpc) is 2.64. The first-order valence-corrected chi connectivity index (χ1v) is 9.64. The molecule has 9 nitrogen and oxygen atoms in total. The molecule has 1 atom stereocenters. The third-order valence-corrected chi connectivity index (χ3v) is 5.12. The van der Waals surface area contributed by atoms with Gasteiger partial charge < -0.3 is 20.8 Å². The Morgan fingerprint density at radius 3 is 2.32 bits per heavy atom. The molecule has 0 aliphatic rings. The van der Waals surface area contributed by atoms with Crippen LogP contribution in [0.15, 0.2) is 56.9 Å². The summed E-state index contributed by atoms with van der Waals surface area (Å²) in [5.74, 6) is -0.469. The Kier molecular flexibility index (Phi) is 4.84. The van der Waals surface area contributed by atoms with E-state index in [0.717, 1.165) is 12.1 Å². The molecular formula is C18H17N3O6S. The number of phenolic OH excluding ortho intramolecular Hbond substituents is 2. The van der Waals surface area contributed by atoms with Crippen LogP contribution in [-0.4, -0.2) is 18.6 Å². The third kappa shape index (κ3) is 3.68. The van der Waals surface area contributed by atoms with E-state index in [-0.39, 0.29) is 22.8 Å². The predicted octanol–water partition coefficient (Wildman–Crippen LogP) is 1.26. The van der Waals surface area contributed by atoms with Crippen molar-refractivity contribution in [2.24, 2.45) is 5.14 Å². The highest BCUT2D eigenvalue weighted by molar-refractivity contribution is 7.89. The molecule has 0 radical (unpaired) electrons.